The molecule has 0 aromatic heterocycles. The van der Waals surface area contributed by atoms with Crippen LogP contribution < -0.4 is 9.47 Å². The highest BCUT2D eigenvalue weighted by Gasteiger charge is 2.03. The van der Waals surface area contributed by atoms with E-state index >= 15 is 0 Å². The maximum atomic E-state index is 11.2. The number of rotatable bonds is 5. The molecule has 2 aromatic rings. The fraction of sp³-hybridized carbons (Fsp3) is 0.188. The molecule has 2 rings (SSSR count). The monoisotopic (exact) mass is 256 g/mol. The van der Waals surface area contributed by atoms with Crippen molar-refractivity contribution in [3.05, 3.63) is 59.7 Å². The van der Waals surface area contributed by atoms with Crippen LogP contribution in [0, 0.1) is 0 Å². The standard InChI is InChI=1S/C16H16O3/c1-12(17)13-7-9-15(10-8-13)19-11-14-5-3-4-6-16(14)18-2/h3-10H,11H2,1-2H3. The summed E-state index contributed by atoms with van der Waals surface area (Å²) in [6, 6.07) is 14.8. The van der Waals surface area contributed by atoms with Gasteiger partial charge in [0, 0.05) is 11.1 Å². The molecule has 0 aliphatic carbocycles. The second-order valence-corrected chi connectivity index (χ2v) is 4.18. The first-order valence-electron chi connectivity index (χ1n) is 6.06. The lowest BCUT2D eigenvalue weighted by Gasteiger charge is -2.10. The second kappa shape index (κ2) is 6.05. The summed E-state index contributed by atoms with van der Waals surface area (Å²) in [4.78, 5) is 11.2. The molecule has 0 aliphatic heterocycles. The van der Waals surface area contributed by atoms with Crippen LogP contribution in [0.25, 0.3) is 0 Å². The van der Waals surface area contributed by atoms with Crippen molar-refractivity contribution in [2.24, 2.45) is 0 Å². The average molecular weight is 256 g/mol. The minimum atomic E-state index is 0.0521. The Labute approximate surface area is 112 Å². The van der Waals surface area contributed by atoms with E-state index in [1.165, 1.54) is 0 Å². The maximum Gasteiger partial charge on any atom is 0.159 e. The van der Waals surface area contributed by atoms with Crippen molar-refractivity contribution < 1.29 is 14.3 Å². The zero-order valence-electron chi connectivity index (χ0n) is 11.1. The van der Waals surface area contributed by atoms with Gasteiger partial charge in [-0.05, 0) is 37.3 Å². The van der Waals surface area contributed by atoms with E-state index in [0.29, 0.717) is 12.2 Å². The molecule has 0 unspecified atom stereocenters. The van der Waals surface area contributed by atoms with E-state index in [-0.39, 0.29) is 5.78 Å². The van der Waals surface area contributed by atoms with Crippen LogP contribution in [0.15, 0.2) is 48.5 Å². The summed E-state index contributed by atoms with van der Waals surface area (Å²) in [5.41, 5.74) is 1.67. The van der Waals surface area contributed by atoms with Crippen molar-refractivity contribution in [1.82, 2.24) is 0 Å². The molecule has 0 spiro atoms. The zero-order valence-corrected chi connectivity index (χ0v) is 11.1. The van der Waals surface area contributed by atoms with Crippen LogP contribution in [0.3, 0.4) is 0 Å². The first-order chi connectivity index (χ1) is 9.20. The van der Waals surface area contributed by atoms with Crippen LogP contribution in [0.2, 0.25) is 0 Å². The summed E-state index contributed by atoms with van der Waals surface area (Å²) in [7, 11) is 1.64. The highest BCUT2D eigenvalue weighted by molar-refractivity contribution is 5.94. The van der Waals surface area contributed by atoms with E-state index in [9.17, 15) is 4.79 Å². The number of carbonyl (C=O) groups excluding carboxylic acids is 1. The van der Waals surface area contributed by atoms with Gasteiger partial charge in [-0.3, -0.25) is 4.79 Å². The normalized spacial score (nSPS) is 10.0. The van der Waals surface area contributed by atoms with Gasteiger partial charge in [0.1, 0.15) is 18.1 Å². The number of benzene rings is 2. The Balaban J connectivity index is 2.04. The van der Waals surface area contributed by atoms with Gasteiger partial charge in [0.25, 0.3) is 0 Å². The molecule has 0 aliphatic rings. The van der Waals surface area contributed by atoms with Crippen molar-refractivity contribution >= 4 is 5.78 Å². The van der Waals surface area contributed by atoms with Gasteiger partial charge >= 0.3 is 0 Å². The average Bonchev–Trinajstić information content (AvgIpc) is 2.45. The third-order valence-corrected chi connectivity index (χ3v) is 2.85. The van der Waals surface area contributed by atoms with Crippen molar-refractivity contribution in [2.75, 3.05) is 7.11 Å². The molecule has 0 amide bonds. The van der Waals surface area contributed by atoms with Gasteiger partial charge in [-0.1, -0.05) is 18.2 Å². The van der Waals surface area contributed by atoms with Gasteiger partial charge in [0.2, 0.25) is 0 Å². The molecule has 0 fully saturated rings. The molecule has 3 heteroatoms. The lowest BCUT2D eigenvalue weighted by atomic mass is 10.1. The molecule has 19 heavy (non-hydrogen) atoms. The van der Waals surface area contributed by atoms with Crippen LogP contribution in [0.1, 0.15) is 22.8 Å². The Kier molecular flexibility index (Phi) is 4.18. The predicted molar refractivity (Wildman–Crippen MR) is 73.8 cm³/mol. The summed E-state index contributed by atoms with van der Waals surface area (Å²) < 4.78 is 10.9. The van der Waals surface area contributed by atoms with Gasteiger partial charge in [-0.15, -0.1) is 0 Å². The van der Waals surface area contributed by atoms with E-state index < -0.39 is 0 Å². The molecule has 0 heterocycles. The van der Waals surface area contributed by atoms with E-state index in [1.807, 2.05) is 24.3 Å². The minimum Gasteiger partial charge on any atom is -0.496 e. The summed E-state index contributed by atoms with van der Waals surface area (Å²) in [6.45, 7) is 1.98. The van der Waals surface area contributed by atoms with Gasteiger partial charge in [-0.25, -0.2) is 0 Å². The molecule has 0 saturated heterocycles. The Morgan fingerprint density at radius 2 is 1.74 bits per heavy atom. The Bertz CT molecular complexity index is 558. The number of hydrogen-bond acceptors (Lipinski definition) is 3. The van der Waals surface area contributed by atoms with Gasteiger partial charge < -0.3 is 9.47 Å². The van der Waals surface area contributed by atoms with Crippen LogP contribution in [-0.4, -0.2) is 12.9 Å². The fourth-order valence-electron chi connectivity index (χ4n) is 1.77. The van der Waals surface area contributed by atoms with Crippen LogP contribution in [0.5, 0.6) is 11.5 Å². The highest BCUT2D eigenvalue weighted by atomic mass is 16.5. The zero-order chi connectivity index (χ0) is 13.7. The smallest absolute Gasteiger partial charge is 0.159 e. The number of hydrogen-bond donors (Lipinski definition) is 0. The predicted octanol–water partition coefficient (Wildman–Crippen LogP) is 3.48. The number of Topliss-reactive ketones (excluding diaryl/α,β-unsaturated/α-hetero) is 1. The van der Waals surface area contributed by atoms with E-state index in [1.54, 1.807) is 38.3 Å². The summed E-state index contributed by atoms with van der Waals surface area (Å²) in [5, 5.41) is 0. The maximum absolute atomic E-state index is 11.2. The van der Waals surface area contributed by atoms with Crippen molar-refractivity contribution in [3.63, 3.8) is 0 Å². The third-order valence-electron chi connectivity index (χ3n) is 2.85. The van der Waals surface area contributed by atoms with Crippen LogP contribution in [-0.2, 0) is 6.61 Å². The lowest BCUT2D eigenvalue weighted by Crippen LogP contribution is -1.99. The quantitative estimate of drug-likeness (QED) is 0.768. The third kappa shape index (κ3) is 3.35. The van der Waals surface area contributed by atoms with E-state index in [4.69, 9.17) is 9.47 Å². The number of ether oxygens (including phenoxy) is 2. The molecular formula is C16H16O3. The topological polar surface area (TPSA) is 35.5 Å². The van der Waals surface area contributed by atoms with Gasteiger partial charge in [0.05, 0.1) is 7.11 Å². The molecule has 0 saturated carbocycles. The molecule has 0 atom stereocenters. The Morgan fingerprint density at radius 1 is 1.05 bits per heavy atom. The van der Waals surface area contributed by atoms with Crippen molar-refractivity contribution in [2.45, 2.75) is 13.5 Å². The summed E-state index contributed by atoms with van der Waals surface area (Å²) in [5.74, 6) is 1.59. The first-order valence-corrected chi connectivity index (χ1v) is 6.06. The Hall–Kier alpha value is -2.29. The summed E-state index contributed by atoms with van der Waals surface area (Å²) >= 11 is 0. The number of ketones is 1. The molecule has 98 valence electrons. The second-order valence-electron chi connectivity index (χ2n) is 4.18. The number of para-hydroxylation sites is 1. The van der Waals surface area contributed by atoms with E-state index in [2.05, 4.69) is 0 Å². The fourth-order valence-corrected chi connectivity index (χ4v) is 1.77. The van der Waals surface area contributed by atoms with Crippen LogP contribution in [0.4, 0.5) is 0 Å². The molecule has 0 radical (unpaired) electrons. The minimum absolute atomic E-state index is 0.0521. The van der Waals surface area contributed by atoms with E-state index in [0.717, 1.165) is 17.1 Å². The SMILES string of the molecule is COc1ccccc1COc1ccc(C(C)=O)cc1. The molecule has 2 aromatic carbocycles. The van der Waals surface area contributed by atoms with Gasteiger partial charge in [-0.2, -0.15) is 0 Å². The van der Waals surface area contributed by atoms with Crippen molar-refractivity contribution in [3.8, 4) is 11.5 Å². The lowest BCUT2D eigenvalue weighted by molar-refractivity contribution is 0.101. The highest BCUT2D eigenvalue weighted by Crippen LogP contribution is 2.20. The Morgan fingerprint density at radius 3 is 2.37 bits per heavy atom. The number of methoxy groups -OCH3 is 1. The van der Waals surface area contributed by atoms with Crippen LogP contribution >= 0.6 is 0 Å². The van der Waals surface area contributed by atoms with Gasteiger partial charge in [0.15, 0.2) is 5.78 Å². The first kappa shape index (κ1) is 13.1. The summed E-state index contributed by atoms with van der Waals surface area (Å²) in [6.07, 6.45) is 0. The van der Waals surface area contributed by atoms with Crippen molar-refractivity contribution in [1.29, 1.82) is 0 Å². The molecular weight excluding hydrogens is 240 g/mol. The molecule has 0 bridgehead atoms. The number of carbonyl (C=O) groups is 1. The molecule has 3 nitrogen and oxygen atoms in total. The largest absolute Gasteiger partial charge is 0.496 e. The molecule has 0 N–H and O–H groups in total.